The van der Waals surface area contributed by atoms with Crippen molar-refractivity contribution in [2.24, 2.45) is 0 Å². The van der Waals surface area contributed by atoms with Crippen molar-refractivity contribution in [2.75, 3.05) is 0 Å². The van der Waals surface area contributed by atoms with E-state index in [0.29, 0.717) is 11.6 Å². The predicted octanol–water partition coefficient (Wildman–Crippen LogP) is 2.33. The fourth-order valence-electron chi connectivity index (χ4n) is 1.58. The molecule has 0 aliphatic rings. The second-order valence-corrected chi connectivity index (χ2v) is 3.93. The molecule has 0 saturated heterocycles. The van der Waals surface area contributed by atoms with Gasteiger partial charge >= 0.3 is 0 Å². The third kappa shape index (κ3) is 2.58. The molecule has 0 aliphatic heterocycles. The van der Waals surface area contributed by atoms with Crippen LogP contribution in [0.5, 0.6) is 0 Å². The molecule has 0 aliphatic carbocycles. The Bertz CT molecular complexity index is 467. The number of halogens is 1. The lowest BCUT2D eigenvalue weighted by Gasteiger charge is -2.05. The van der Waals surface area contributed by atoms with Crippen molar-refractivity contribution in [3.8, 4) is 0 Å². The van der Waals surface area contributed by atoms with Gasteiger partial charge in [0.25, 0.3) is 0 Å². The Kier molecular flexibility index (Phi) is 3.51. The summed E-state index contributed by atoms with van der Waals surface area (Å²) in [4.78, 5) is 12.5. The summed E-state index contributed by atoms with van der Waals surface area (Å²) in [7, 11) is 0. The highest BCUT2D eigenvalue weighted by Gasteiger charge is 2.05. The Balaban J connectivity index is 2.17. The first-order chi connectivity index (χ1) is 7.79. The molecule has 5 heteroatoms. The highest BCUT2D eigenvalue weighted by atomic mass is 35.5. The van der Waals surface area contributed by atoms with Crippen molar-refractivity contribution in [1.82, 2.24) is 19.5 Å². The van der Waals surface area contributed by atoms with E-state index in [9.17, 15) is 0 Å². The van der Waals surface area contributed by atoms with Crippen molar-refractivity contribution in [3.63, 3.8) is 0 Å². The standard InChI is InChI=1S/C11H13ClN4/c1-2-4-16-5-3-14-11(16)6-9-7-13-8-10(12)15-9/h3,5,7-8H,2,4,6H2,1H3. The lowest BCUT2D eigenvalue weighted by atomic mass is 10.3. The molecule has 16 heavy (non-hydrogen) atoms. The van der Waals surface area contributed by atoms with E-state index >= 15 is 0 Å². The van der Waals surface area contributed by atoms with E-state index in [2.05, 4.69) is 26.4 Å². The second kappa shape index (κ2) is 5.07. The first-order valence-corrected chi connectivity index (χ1v) is 5.64. The van der Waals surface area contributed by atoms with E-state index in [-0.39, 0.29) is 0 Å². The van der Waals surface area contributed by atoms with E-state index < -0.39 is 0 Å². The van der Waals surface area contributed by atoms with Crippen molar-refractivity contribution >= 4 is 11.6 Å². The molecular weight excluding hydrogens is 224 g/mol. The molecule has 84 valence electrons. The molecule has 0 saturated carbocycles. The van der Waals surface area contributed by atoms with Crippen LogP contribution in [0.4, 0.5) is 0 Å². The summed E-state index contributed by atoms with van der Waals surface area (Å²) in [6.45, 7) is 3.12. The molecule has 2 aromatic rings. The Labute approximate surface area is 99.3 Å². The van der Waals surface area contributed by atoms with Gasteiger partial charge in [-0.15, -0.1) is 0 Å². The number of aromatic nitrogens is 4. The molecule has 0 aromatic carbocycles. The van der Waals surface area contributed by atoms with Gasteiger partial charge in [-0.05, 0) is 6.42 Å². The van der Waals surface area contributed by atoms with Gasteiger partial charge in [0.05, 0.1) is 11.9 Å². The van der Waals surface area contributed by atoms with Crippen molar-refractivity contribution in [1.29, 1.82) is 0 Å². The summed E-state index contributed by atoms with van der Waals surface area (Å²) < 4.78 is 2.13. The highest BCUT2D eigenvalue weighted by Crippen LogP contribution is 2.08. The van der Waals surface area contributed by atoms with E-state index in [4.69, 9.17) is 11.6 Å². The van der Waals surface area contributed by atoms with Crippen molar-refractivity contribution in [3.05, 3.63) is 41.5 Å². The van der Waals surface area contributed by atoms with Gasteiger partial charge in [0, 0.05) is 31.6 Å². The Morgan fingerprint density at radius 2 is 2.25 bits per heavy atom. The lowest BCUT2D eigenvalue weighted by molar-refractivity contribution is 0.644. The van der Waals surface area contributed by atoms with Gasteiger partial charge < -0.3 is 4.57 Å². The van der Waals surface area contributed by atoms with Crippen LogP contribution in [0.15, 0.2) is 24.8 Å². The largest absolute Gasteiger partial charge is 0.335 e. The minimum atomic E-state index is 0.422. The summed E-state index contributed by atoms with van der Waals surface area (Å²) in [5.41, 5.74) is 0.844. The van der Waals surface area contributed by atoms with Crippen LogP contribution in [-0.2, 0) is 13.0 Å². The molecule has 0 radical (unpaired) electrons. The number of hydrogen-bond donors (Lipinski definition) is 0. The van der Waals surface area contributed by atoms with E-state index in [0.717, 1.165) is 24.5 Å². The molecule has 0 N–H and O–H groups in total. The summed E-state index contributed by atoms with van der Waals surface area (Å²) >= 11 is 5.79. The zero-order valence-corrected chi connectivity index (χ0v) is 9.85. The monoisotopic (exact) mass is 236 g/mol. The minimum absolute atomic E-state index is 0.422. The zero-order chi connectivity index (χ0) is 11.4. The van der Waals surface area contributed by atoms with E-state index in [1.165, 1.54) is 6.20 Å². The van der Waals surface area contributed by atoms with Gasteiger partial charge in [0.2, 0.25) is 0 Å². The van der Waals surface area contributed by atoms with Crippen LogP contribution in [0.3, 0.4) is 0 Å². The van der Waals surface area contributed by atoms with Crippen molar-refractivity contribution < 1.29 is 0 Å². The first kappa shape index (κ1) is 11.1. The third-order valence-corrected chi connectivity index (χ3v) is 2.44. The van der Waals surface area contributed by atoms with Gasteiger partial charge in [-0.25, -0.2) is 9.97 Å². The average Bonchev–Trinajstić information content (AvgIpc) is 2.66. The molecule has 2 heterocycles. The summed E-state index contributed by atoms with van der Waals surface area (Å²) in [6.07, 6.45) is 8.80. The molecule has 0 bridgehead atoms. The summed E-state index contributed by atoms with van der Waals surface area (Å²) in [5.74, 6) is 0.999. The molecule has 0 unspecified atom stereocenters. The van der Waals surface area contributed by atoms with Gasteiger partial charge in [-0.3, -0.25) is 4.98 Å². The van der Waals surface area contributed by atoms with E-state index in [1.54, 1.807) is 6.20 Å². The topological polar surface area (TPSA) is 43.6 Å². The Hall–Kier alpha value is -1.42. The predicted molar refractivity (Wildman–Crippen MR) is 62.4 cm³/mol. The zero-order valence-electron chi connectivity index (χ0n) is 9.10. The van der Waals surface area contributed by atoms with E-state index in [1.807, 2.05) is 12.4 Å². The van der Waals surface area contributed by atoms with Gasteiger partial charge in [-0.1, -0.05) is 18.5 Å². The smallest absolute Gasteiger partial charge is 0.147 e. The minimum Gasteiger partial charge on any atom is -0.335 e. The normalized spacial score (nSPS) is 10.6. The molecule has 2 rings (SSSR count). The maximum atomic E-state index is 5.79. The fourth-order valence-corrected chi connectivity index (χ4v) is 1.74. The van der Waals surface area contributed by atoms with Gasteiger partial charge in [0.1, 0.15) is 11.0 Å². The van der Waals surface area contributed by atoms with Crippen LogP contribution in [0.2, 0.25) is 5.15 Å². The number of rotatable bonds is 4. The van der Waals surface area contributed by atoms with Crippen LogP contribution in [0.1, 0.15) is 24.9 Å². The number of imidazole rings is 1. The lowest BCUT2D eigenvalue weighted by Crippen LogP contribution is -2.04. The number of aryl methyl sites for hydroxylation is 1. The third-order valence-electron chi connectivity index (χ3n) is 2.26. The maximum absolute atomic E-state index is 5.79. The summed E-state index contributed by atoms with van der Waals surface area (Å²) in [5, 5.41) is 0.422. The SMILES string of the molecule is CCCn1ccnc1Cc1cncc(Cl)n1. The van der Waals surface area contributed by atoms with Crippen LogP contribution >= 0.6 is 11.6 Å². The molecule has 0 atom stereocenters. The van der Waals surface area contributed by atoms with Crippen LogP contribution in [-0.4, -0.2) is 19.5 Å². The maximum Gasteiger partial charge on any atom is 0.147 e. The van der Waals surface area contributed by atoms with Crippen molar-refractivity contribution in [2.45, 2.75) is 26.3 Å². The Morgan fingerprint density at radius 1 is 1.38 bits per heavy atom. The Morgan fingerprint density at radius 3 is 3.00 bits per heavy atom. The first-order valence-electron chi connectivity index (χ1n) is 5.26. The molecule has 0 fully saturated rings. The highest BCUT2D eigenvalue weighted by molar-refractivity contribution is 6.29. The van der Waals surface area contributed by atoms with Gasteiger partial charge in [0.15, 0.2) is 0 Å². The molecule has 0 spiro atoms. The second-order valence-electron chi connectivity index (χ2n) is 3.55. The summed E-state index contributed by atoms with van der Waals surface area (Å²) in [6, 6.07) is 0. The fraction of sp³-hybridized carbons (Fsp3) is 0.364. The molecule has 2 aromatic heterocycles. The van der Waals surface area contributed by atoms with Gasteiger partial charge in [-0.2, -0.15) is 0 Å². The molecule has 0 amide bonds. The van der Waals surface area contributed by atoms with Crippen LogP contribution < -0.4 is 0 Å². The molecular formula is C11H13ClN4. The number of hydrogen-bond acceptors (Lipinski definition) is 3. The number of nitrogens with zero attached hydrogens (tertiary/aromatic N) is 4. The average molecular weight is 237 g/mol. The quantitative estimate of drug-likeness (QED) is 0.818. The van der Waals surface area contributed by atoms with Crippen LogP contribution in [0, 0.1) is 0 Å². The molecule has 4 nitrogen and oxygen atoms in total. The van der Waals surface area contributed by atoms with Crippen LogP contribution in [0.25, 0.3) is 0 Å².